The molecule has 9 heteroatoms. The molecule has 0 bridgehead atoms. The molecule has 114 valence electrons. The van der Waals surface area contributed by atoms with Crippen LogP contribution in [-0.4, -0.2) is 59.8 Å². The van der Waals surface area contributed by atoms with Gasteiger partial charge in [0.25, 0.3) is 0 Å². The minimum absolute atomic E-state index is 0.234. The first-order valence-corrected chi connectivity index (χ1v) is 8.95. The van der Waals surface area contributed by atoms with Crippen LogP contribution in [0, 0.1) is 5.92 Å². The average Bonchev–Trinajstić information content (AvgIpc) is 3.13. The molecule has 2 rings (SSSR count). The second-order valence-corrected chi connectivity index (χ2v) is 8.03. The van der Waals surface area contributed by atoms with Crippen molar-refractivity contribution < 1.29 is 27.9 Å². The van der Waals surface area contributed by atoms with Gasteiger partial charge in [0, 0.05) is 5.75 Å². The van der Waals surface area contributed by atoms with Gasteiger partial charge in [-0.2, -0.15) is 4.31 Å². The van der Waals surface area contributed by atoms with Crippen LogP contribution >= 0.6 is 11.8 Å². The molecule has 1 aliphatic carbocycles. The van der Waals surface area contributed by atoms with E-state index in [0.717, 1.165) is 17.1 Å². The van der Waals surface area contributed by atoms with Crippen LogP contribution in [-0.2, 0) is 24.3 Å². The number of carbonyl (C=O) groups is 2. The van der Waals surface area contributed by atoms with Crippen LogP contribution in [0.3, 0.4) is 0 Å². The second-order valence-electron chi connectivity index (χ2n) is 4.89. The molecule has 1 aliphatic heterocycles. The standard InChI is InChI=1S/C11H17NO6S2/c1-18-9(13)4-5-20(16,17)12-8(11(14)15)6-19-10(12)7-2-3-7/h7-8,10H,2-6H2,1H3,(H,14,15). The Balaban J connectivity index is 2.15. The van der Waals surface area contributed by atoms with Crippen LogP contribution < -0.4 is 0 Å². The molecule has 1 heterocycles. The van der Waals surface area contributed by atoms with E-state index < -0.39 is 33.8 Å². The number of methoxy groups -OCH3 is 1. The van der Waals surface area contributed by atoms with Crippen molar-refractivity contribution in [1.82, 2.24) is 4.31 Å². The molecule has 2 atom stereocenters. The Morgan fingerprint density at radius 1 is 1.40 bits per heavy atom. The fourth-order valence-corrected chi connectivity index (χ4v) is 6.06. The zero-order chi connectivity index (χ0) is 14.9. The predicted octanol–water partition coefficient (Wildman–Crippen LogP) is 0.117. The third-order valence-electron chi connectivity index (χ3n) is 3.41. The Morgan fingerprint density at radius 3 is 2.55 bits per heavy atom. The molecule has 0 radical (unpaired) electrons. The minimum atomic E-state index is -3.78. The number of thioether (sulfide) groups is 1. The third kappa shape index (κ3) is 3.26. The van der Waals surface area contributed by atoms with Crippen molar-refractivity contribution in [1.29, 1.82) is 0 Å². The van der Waals surface area contributed by atoms with Gasteiger partial charge in [-0.3, -0.25) is 9.59 Å². The van der Waals surface area contributed by atoms with E-state index in [9.17, 15) is 23.1 Å². The van der Waals surface area contributed by atoms with Crippen molar-refractivity contribution in [2.45, 2.75) is 30.7 Å². The fourth-order valence-electron chi connectivity index (χ4n) is 2.19. The van der Waals surface area contributed by atoms with Gasteiger partial charge in [-0.15, -0.1) is 11.8 Å². The highest BCUT2D eigenvalue weighted by molar-refractivity contribution is 8.01. The van der Waals surface area contributed by atoms with E-state index in [1.54, 1.807) is 0 Å². The molecule has 0 aromatic heterocycles. The van der Waals surface area contributed by atoms with Crippen LogP contribution in [0.15, 0.2) is 0 Å². The molecular weight excluding hydrogens is 306 g/mol. The summed E-state index contributed by atoms with van der Waals surface area (Å²) < 4.78 is 30.2. The summed E-state index contributed by atoms with van der Waals surface area (Å²) in [5, 5.41) is 8.87. The van der Waals surface area contributed by atoms with E-state index in [0.29, 0.717) is 0 Å². The molecule has 1 N–H and O–H groups in total. The first-order valence-electron chi connectivity index (χ1n) is 6.29. The number of carbonyl (C=O) groups excluding carboxylic acids is 1. The number of hydrogen-bond donors (Lipinski definition) is 1. The van der Waals surface area contributed by atoms with Gasteiger partial charge in [-0.1, -0.05) is 0 Å². The Bertz CT molecular complexity index is 501. The molecule has 0 aromatic carbocycles. The summed E-state index contributed by atoms with van der Waals surface area (Å²) in [6.07, 6.45) is 1.59. The predicted molar refractivity (Wildman–Crippen MR) is 72.7 cm³/mol. The SMILES string of the molecule is COC(=O)CCS(=O)(=O)N1C(C(=O)O)CSC1C1CC1. The topological polar surface area (TPSA) is 101 Å². The molecule has 1 saturated carbocycles. The number of ether oxygens (including phenoxy) is 1. The van der Waals surface area contributed by atoms with Gasteiger partial charge in [0.05, 0.1) is 24.7 Å². The average molecular weight is 323 g/mol. The lowest BCUT2D eigenvalue weighted by Gasteiger charge is -2.26. The van der Waals surface area contributed by atoms with Gasteiger partial charge in [-0.25, -0.2) is 8.42 Å². The number of carboxylic acids is 1. The van der Waals surface area contributed by atoms with Crippen LogP contribution in [0.5, 0.6) is 0 Å². The van der Waals surface area contributed by atoms with Crippen molar-refractivity contribution >= 4 is 33.7 Å². The van der Waals surface area contributed by atoms with Gasteiger partial charge >= 0.3 is 11.9 Å². The lowest BCUT2D eigenvalue weighted by molar-refractivity contribution is -0.140. The Hall–Kier alpha value is -0.800. The molecule has 7 nitrogen and oxygen atoms in total. The zero-order valence-electron chi connectivity index (χ0n) is 11.0. The Labute approximate surface area is 121 Å². The maximum Gasteiger partial charge on any atom is 0.322 e. The summed E-state index contributed by atoms with van der Waals surface area (Å²) in [5.41, 5.74) is 0. The molecule has 0 amide bonds. The first kappa shape index (κ1) is 15.6. The summed E-state index contributed by atoms with van der Waals surface area (Å²) in [5.74, 6) is -1.67. The van der Waals surface area contributed by atoms with Crippen molar-refractivity contribution in [3.63, 3.8) is 0 Å². The fraction of sp³-hybridized carbons (Fsp3) is 0.818. The highest BCUT2D eigenvalue weighted by Gasteiger charge is 2.50. The monoisotopic (exact) mass is 323 g/mol. The first-order chi connectivity index (χ1) is 9.36. The zero-order valence-corrected chi connectivity index (χ0v) is 12.7. The molecule has 2 aliphatic rings. The summed E-state index contributed by atoms with van der Waals surface area (Å²) >= 11 is 1.37. The lowest BCUT2D eigenvalue weighted by atomic mass is 10.3. The van der Waals surface area contributed by atoms with Crippen molar-refractivity contribution in [2.75, 3.05) is 18.6 Å². The van der Waals surface area contributed by atoms with E-state index in [4.69, 9.17) is 0 Å². The summed E-state index contributed by atoms with van der Waals surface area (Å²) in [6.45, 7) is 0. The molecule has 0 spiro atoms. The number of esters is 1. The maximum absolute atomic E-state index is 12.4. The summed E-state index contributed by atoms with van der Waals surface area (Å²) in [6, 6.07) is -1.03. The van der Waals surface area contributed by atoms with Crippen molar-refractivity contribution in [2.24, 2.45) is 5.92 Å². The van der Waals surface area contributed by atoms with Crippen LogP contribution in [0.1, 0.15) is 19.3 Å². The van der Waals surface area contributed by atoms with E-state index in [1.807, 2.05) is 0 Å². The van der Waals surface area contributed by atoms with Gasteiger partial charge < -0.3 is 9.84 Å². The largest absolute Gasteiger partial charge is 0.480 e. The molecular formula is C11H17NO6S2. The third-order valence-corrected chi connectivity index (χ3v) is 6.85. The molecule has 2 fully saturated rings. The summed E-state index contributed by atoms with van der Waals surface area (Å²) in [7, 11) is -2.59. The van der Waals surface area contributed by atoms with Crippen LogP contribution in [0.25, 0.3) is 0 Å². The van der Waals surface area contributed by atoms with Gasteiger partial charge in [-0.05, 0) is 18.8 Å². The molecule has 2 unspecified atom stereocenters. The van der Waals surface area contributed by atoms with Gasteiger partial charge in [0.2, 0.25) is 10.0 Å². The second kappa shape index (κ2) is 5.90. The van der Waals surface area contributed by atoms with Gasteiger partial charge in [0.15, 0.2) is 0 Å². The Morgan fingerprint density at radius 2 is 2.05 bits per heavy atom. The molecule has 0 aromatic rings. The highest BCUT2D eigenvalue weighted by Crippen LogP contribution is 2.46. The maximum atomic E-state index is 12.4. The lowest BCUT2D eigenvalue weighted by Crippen LogP contribution is -2.47. The highest BCUT2D eigenvalue weighted by atomic mass is 32.2. The van der Waals surface area contributed by atoms with Gasteiger partial charge in [0.1, 0.15) is 6.04 Å². The van der Waals surface area contributed by atoms with E-state index >= 15 is 0 Å². The number of sulfonamides is 1. The normalized spacial score (nSPS) is 27.4. The van der Waals surface area contributed by atoms with E-state index in [-0.39, 0.29) is 23.5 Å². The van der Waals surface area contributed by atoms with Crippen LogP contribution in [0.4, 0.5) is 0 Å². The smallest absolute Gasteiger partial charge is 0.322 e. The molecule has 20 heavy (non-hydrogen) atoms. The van der Waals surface area contributed by atoms with Crippen molar-refractivity contribution in [3.8, 4) is 0 Å². The molecule has 1 saturated heterocycles. The Kier molecular flexibility index (Phi) is 4.60. The number of rotatable bonds is 6. The quantitative estimate of drug-likeness (QED) is 0.693. The number of carboxylic acid groups (broad SMARTS) is 1. The van der Waals surface area contributed by atoms with Crippen LogP contribution in [0.2, 0.25) is 0 Å². The van der Waals surface area contributed by atoms with E-state index in [1.165, 1.54) is 18.9 Å². The number of nitrogens with zero attached hydrogens (tertiary/aromatic N) is 1. The minimum Gasteiger partial charge on any atom is -0.480 e. The number of aliphatic carboxylic acids is 1. The number of hydrogen-bond acceptors (Lipinski definition) is 6. The van der Waals surface area contributed by atoms with E-state index in [2.05, 4.69) is 4.74 Å². The van der Waals surface area contributed by atoms with Crippen molar-refractivity contribution in [3.05, 3.63) is 0 Å². The summed E-state index contributed by atoms with van der Waals surface area (Å²) in [4.78, 5) is 22.3.